The number of hydrogen-bond donors (Lipinski definition) is 1. The summed E-state index contributed by atoms with van der Waals surface area (Å²) in [5, 5.41) is 0. The maximum absolute atomic E-state index is 12.9. The number of benzene rings is 2. The van der Waals surface area contributed by atoms with Crippen LogP contribution in [0, 0.1) is 5.82 Å². The average Bonchev–Trinajstić information content (AvgIpc) is 2.42. The van der Waals surface area contributed by atoms with Crippen LogP contribution < -0.4 is 10.6 Å². The van der Waals surface area contributed by atoms with Crippen LogP contribution in [0.3, 0.4) is 0 Å². The Hall–Kier alpha value is -1.39. The first kappa shape index (κ1) is 15.0. The molecule has 0 fully saturated rings. The quantitative estimate of drug-likeness (QED) is 0.901. The van der Waals surface area contributed by atoms with Crippen molar-refractivity contribution in [2.45, 2.75) is 13.0 Å². The van der Waals surface area contributed by atoms with Crippen LogP contribution in [-0.4, -0.2) is 13.6 Å². The minimum absolute atomic E-state index is 0.205. The number of nitrogens with two attached hydrogens (primary N) is 1. The second-order valence-electron chi connectivity index (χ2n) is 4.81. The molecule has 0 aliphatic heterocycles. The largest absolute Gasteiger partial charge is 0.369 e. The highest BCUT2D eigenvalue weighted by Crippen LogP contribution is 2.27. The van der Waals surface area contributed by atoms with Gasteiger partial charge in [-0.2, -0.15) is 0 Å². The van der Waals surface area contributed by atoms with Gasteiger partial charge in [0.2, 0.25) is 0 Å². The lowest BCUT2D eigenvalue weighted by atomic mass is 10.1. The molecule has 4 heteroatoms. The van der Waals surface area contributed by atoms with Crippen LogP contribution in [0.4, 0.5) is 10.1 Å². The van der Waals surface area contributed by atoms with E-state index in [0.717, 1.165) is 28.7 Å². The van der Waals surface area contributed by atoms with Crippen molar-refractivity contribution in [2.75, 3.05) is 18.5 Å². The Bertz CT molecular complexity index is 569. The second kappa shape index (κ2) is 6.86. The molecule has 106 valence electrons. The molecule has 0 radical (unpaired) electrons. The highest BCUT2D eigenvalue weighted by atomic mass is 79.9. The van der Waals surface area contributed by atoms with Gasteiger partial charge in [0.1, 0.15) is 5.82 Å². The smallest absolute Gasteiger partial charge is 0.123 e. The Morgan fingerprint density at radius 1 is 1.10 bits per heavy atom. The highest BCUT2D eigenvalue weighted by Gasteiger charge is 2.07. The highest BCUT2D eigenvalue weighted by molar-refractivity contribution is 9.10. The van der Waals surface area contributed by atoms with Gasteiger partial charge in [0.15, 0.2) is 0 Å². The zero-order valence-electron chi connectivity index (χ0n) is 11.4. The summed E-state index contributed by atoms with van der Waals surface area (Å²) in [4.78, 5) is 2.13. The van der Waals surface area contributed by atoms with E-state index < -0.39 is 0 Å². The van der Waals surface area contributed by atoms with E-state index in [1.54, 1.807) is 0 Å². The molecular weight excluding hydrogens is 319 g/mol. The second-order valence-corrected chi connectivity index (χ2v) is 5.66. The van der Waals surface area contributed by atoms with Crippen LogP contribution in [0.25, 0.3) is 0 Å². The summed E-state index contributed by atoms with van der Waals surface area (Å²) in [6.07, 6.45) is 0.876. The summed E-state index contributed by atoms with van der Waals surface area (Å²) in [5.41, 5.74) is 8.97. The molecule has 0 amide bonds. The maximum atomic E-state index is 12.9. The molecule has 0 aromatic heterocycles. The first-order valence-electron chi connectivity index (χ1n) is 6.54. The van der Waals surface area contributed by atoms with Crippen molar-refractivity contribution in [1.82, 2.24) is 0 Å². The van der Waals surface area contributed by atoms with Crippen molar-refractivity contribution in [2.24, 2.45) is 5.73 Å². The molecule has 0 bridgehead atoms. The Balaban J connectivity index is 2.12. The van der Waals surface area contributed by atoms with Gasteiger partial charge in [-0.05, 0) is 64.3 Å². The molecule has 0 spiro atoms. The molecule has 0 unspecified atom stereocenters. The topological polar surface area (TPSA) is 29.3 Å². The SMILES string of the molecule is CN(Cc1ccc(F)cc1)c1ccc(CCN)cc1Br. The number of halogens is 2. The number of nitrogens with zero attached hydrogens (tertiary/aromatic N) is 1. The third kappa shape index (κ3) is 3.81. The van der Waals surface area contributed by atoms with Crippen molar-refractivity contribution in [3.05, 3.63) is 63.9 Å². The van der Waals surface area contributed by atoms with Gasteiger partial charge in [-0.3, -0.25) is 0 Å². The monoisotopic (exact) mass is 336 g/mol. The van der Waals surface area contributed by atoms with Crippen molar-refractivity contribution < 1.29 is 4.39 Å². The molecule has 20 heavy (non-hydrogen) atoms. The predicted molar refractivity (Wildman–Crippen MR) is 85.4 cm³/mol. The Morgan fingerprint density at radius 3 is 2.35 bits per heavy atom. The molecule has 0 heterocycles. The molecule has 2 N–H and O–H groups in total. The van der Waals surface area contributed by atoms with Crippen molar-refractivity contribution in [3.8, 4) is 0 Å². The maximum Gasteiger partial charge on any atom is 0.123 e. The summed E-state index contributed by atoms with van der Waals surface area (Å²) in [6.45, 7) is 1.38. The lowest BCUT2D eigenvalue weighted by Gasteiger charge is -2.21. The van der Waals surface area contributed by atoms with Crippen LogP contribution >= 0.6 is 15.9 Å². The van der Waals surface area contributed by atoms with Gasteiger partial charge in [-0.1, -0.05) is 18.2 Å². The molecular formula is C16H18BrFN2. The van der Waals surface area contributed by atoms with Crippen molar-refractivity contribution >= 4 is 21.6 Å². The van der Waals surface area contributed by atoms with Gasteiger partial charge >= 0.3 is 0 Å². The minimum atomic E-state index is -0.205. The molecule has 0 aliphatic rings. The summed E-state index contributed by atoms with van der Waals surface area (Å²) in [5.74, 6) is -0.205. The summed E-state index contributed by atoms with van der Waals surface area (Å²) in [6, 6.07) is 12.9. The van der Waals surface area contributed by atoms with Gasteiger partial charge in [0.25, 0.3) is 0 Å². The van der Waals surface area contributed by atoms with E-state index in [1.165, 1.54) is 17.7 Å². The first-order valence-corrected chi connectivity index (χ1v) is 7.33. The zero-order valence-corrected chi connectivity index (χ0v) is 13.0. The van der Waals surface area contributed by atoms with Crippen LogP contribution in [0.1, 0.15) is 11.1 Å². The van der Waals surface area contributed by atoms with Crippen LogP contribution in [-0.2, 0) is 13.0 Å². The van der Waals surface area contributed by atoms with Crippen molar-refractivity contribution in [1.29, 1.82) is 0 Å². The van der Waals surface area contributed by atoms with Crippen LogP contribution in [0.2, 0.25) is 0 Å². The lowest BCUT2D eigenvalue weighted by molar-refractivity contribution is 0.627. The minimum Gasteiger partial charge on any atom is -0.369 e. The van der Waals surface area contributed by atoms with Gasteiger partial charge < -0.3 is 10.6 Å². The Morgan fingerprint density at radius 2 is 1.75 bits per heavy atom. The van der Waals surface area contributed by atoms with Crippen LogP contribution in [0.5, 0.6) is 0 Å². The molecule has 2 rings (SSSR count). The van der Waals surface area contributed by atoms with E-state index in [-0.39, 0.29) is 5.82 Å². The molecule has 2 aromatic rings. The Kier molecular flexibility index (Phi) is 5.15. The first-order chi connectivity index (χ1) is 9.60. The third-order valence-corrected chi connectivity index (χ3v) is 3.82. The van der Waals surface area contributed by atoms with Gasteiger partial charge in [0.05, 0.1) is 5.69 Å². The summed E-state index contributed by atoms with van der Waals surface area (Å²) in [7, 11) is 2.02. The summed E-state index contributed by atoms with van der Waals surface area (Å²) < 4.78 is 13.9. The van der Waals surface area contributed by atoms with Gasteiger partial charge in [-0.25, -0.2) is 4.39 Å². The van der Waals surface area contributed by atoms with E-state index in [1.807, 2.05) is 19.2 Å². The van der Waals surface area contributed by atoms with E-state index in [0.29, 0.717) is 6.54 Å². The molecule has 0 saturated carbocycles. The van der Waals surface area contributed by atoms with Gasteiger partial charge in [-0.15, -0.1) is 0 Å². The molecule has 0 saturated heterocycles. The Labute approximate surface area is 127 Å². The van der Waals surface area contributed by atoms with E-state index in [4.69, 9.17) is 5.73 Å². The average molecular weight is 337 g/mol. The lowest BCUT2D eigenvalue weighted by Crippen LogP contribution is -2.17. The number of hydrogen-bond acceptors (Lipinski definition) is 2. The molecule has 0 aliphatic carbocycles. The molecule has 2 nitrogen and oxygen atoms in total. The fraction of sp³-hybridized carbons (Fsp3) is 0.250. The van der Waals surface area contributed by atoms with E-state index in [2.05, 4.69) is 39.0 Å². The number of rotatable bonds is 5. The fourth-order valence-electron chi connectivity index (χ4n) is 2.13. The van der Waals surface area contributed by atoms with E-state index >= 15 is 0 Å². The standard InChI is InChI=1S/C16H18BrFN2/c1-20(11-13-2-5-14(18)6-3-13)16-7-4-12(8-9-19)10-15(16)17/h2-7,10H,8-9,11,19H2,1H3. The molecule has 0 atom stereocenters. The normalized spacial score (nSPS) is 10.6. The third-order valence-electron chi connectivity index (χ3n) is 3.19. The van der Waals surface area contributed by atoms with E-state index in [9.17, 15) is 4.39 Å². The van der Waals surface area contributed by atoms with Crippen LogP contribution in [0.15, 0.2) is 46.9 Å². The molecule has 2 aromatic carbocycles. The van der Waals surface area contributed by atoms with Gasteiger partial charge in [0, 0.05) is 18.1 Å². The number of anilines is 1. The zero-order chi connectivity index (χ0) is 14.5. The summed E-state index contributed by atoms with van der Waals surface area (Å²) >= 11 is 3.60. The predicted octanol–water partition coefficient (Wildman–Crippen LogP) is 3.73. The van der Waals surface area contributed by atoms with Crippen molar-refractivity contribution in [3.63, 3.8) is 0 Å². The fourth-order valence-corrected chi connectivity index (χ4v) is 2.86.